The number of hydrogen-bond acceptors (Lipinski definition) is 4. The SMILES string of the molecule is CCCCCCCCC(=Nc1ccccc1)C(CCCC)=Nc1ccccc1.CCCc1cccc([O-])c1[O-].[Ni+2]. The Morgan fingerprint density at radius 1 is 0.550 bits per heavy atom. The molecule has 4 nitrogen and oxygen atoms in total. The van der Waals surface area contributed by atoms with Crippen LogP contribution in [0.25, 0.3) is 0 Å². The second kappa shape index (κ2) is 21.9. The molecular formula is C35H46N2NiO2. The van der Waals surface area contributed by atoms with E-state index in [9.17, 15) is 10.2 Å². The van der Waals surface area contributed by atoms with Gasteiger partial charge >= 0.3 is 16.5 Å². The van der Waals surface area contributed by atoms with Gasteiger partial charge in [-0.25, -0.2) is 0 Å². The second-order valence-electron chi connectivity index (χ2n) is 9.90. The third kappa shape index (κ3) is 13.9. The molecule has 0 heterocycles. The van der Waals surface area contributed by atoms with Gasteiger partial charge in [0, 0.05) is 0 Å². The molecule has 5 heteroatoms. The molecule has 0 fully saturated rings. The van der Waals surface area contributed by atoms with E-state index in [1.807, 2.05) is 19.1 Å². The fourth-order valence-electron chi connectivity index (χ4n) is 4.29. The minimum atomic E-state index is -0.393. The minimum absolute atomic E-state index is 0. The fraction of sp³-hybridized carbons (Fsp3) is 0.429. The molecule has 3 aromatic carbocycles. The van der Waals surface area contributed by atoms with Crippen LogP contribution in [0.5, 0.6) is 11.5 Å². The van der Waals surface area contributed by atoms with Gasteiger partial charge in [0.2, 0.25) is 0 Å². The predicted octanol–water partition coefficient (Wildman–Crippen LogP) is 9.26. The van der Waals surface area contributed by atoms with Crippen LogP contribution in [0.3, 0.4) is 0 Å². The number of benzene rings is 3. The van der Waals surface area contributed by atoms with E-state index >= 15 is 0 Å². The Labute approximate surface area is 252 Å². The van der Waals surface area contributed by atoms with E-state index in [0.29, 0.717) is 12.0 Å². The zero-order valence-corrected chi connectivity index (χ0v) is 25.5. The van der Waals surface area contributed by atoms with E-state index in [1.54, 1.807) is 12.1 Å². The van der Waals surface area contributed by atoms with Crippen LogP contribution in [0.2, 0.25) is 0 Å². The van der Waals surface area contributed by atoms with Crippen molar-refractivity contribution in [2.24, 2.45) is 9.98 Å². The molecule has 0 saturated carbocycles. The minimum Gasteiger partial charge on any atom is -0.873 e. The van der Waals surface area contributed by atoms with Gasteiger partial charge in [-0.2, -0.15) is 0 Å². The molecule has 0 N–H and O–H groups in total. The van der Waals surface area contributed by atoms with Crippen molar-refractivity contribution in [3.63, 3.8) is 0 Å². The Kier molecular flexibility index (Phi) is 19.2. The van der Waals surface area contributed by atoms with Crippen LogP contribution in [0.15, 0.2) is 88.8 Å². The molecule has 3 aromatic rings. The molecule has 0 bridgehead atoms. The van der Waals surface area contributed by atoms with Gasteiger partial charge in [-0.3, -0.25) is 9.98 Å². The van der Waals surface area contributed by atoms with E-state index < -0.39 is 5.75 Å². The quantitative estimate of drug-likeness (QED) is 0.101. The fourth-order valence-corrected chi connectivity index (χ4v) is 4.29. The van der Waals surface area contributed by atoms with Crippen LogP contribution < -0.4 is 10.2 Å². The first kappa shape index (κ1) is 35.1. The Hall–Kier alpha value is -2.91. The summed E-state index contributed by atoms with van der Waals surface area (Å²) in [5.74, 6) is -0.731. The molecule has 218 valence electrons. The van der Waals surface area contributed by atoms with Crippen molar-refractivity contribution in [3.8, 4) is 11.5 Å². The van der Waals surface area contributed by atoms with Gasteiger partial charge in [0.15, 0.2) is 0 Å². The van der Waals surface area contributed by atoms with E-state index in [2.05, 4.69) is 62.4 Å². The summed E-state index contributed by atoms with van der Waals surface area (Å²) in [6.07, 6.45) is 13.7. The average molecular weight is 585 g/mol. The molecule has 0 atom stereocenters. The summed E-state index contributed by atoms with van der Waals surface area (Å²) in [5.41, 5.74) is 5.02. The van der Waals surface area contributed by atoms with Gasteiger partial charge in [0.05, 0.1) is 22.8 Å². The number of unbranched alkanes of at least 4 members (excludes halogenated alkanes) is 6. The summed E-state index contributed by atoms with van der Waals surface area (Å²) >= 11 is 0. The molecule has 0 aromatic heterocycles. The summed E-state index contributed by atoms with van der Waals surface area (Å²) in [5, 5.41) is 21.8. The van der Waals surface area contributed by atoms with Crippen molar-refractivity contribution in [2.45, 2.75) is 97.8 Å². The Bertz CT molecular complexity index is 1110. The molecule has 0 radical (unpaired) electrons. The number of nitrogens with zero attached hydrogens (tertiary/aromatic N) is 2. The maximum absolute atomic E-state index is 11.0. The number of hydrogen-bond donors (Lipinski definition) is 0. The normalized spacial score (nSPS) is 11.4. The first-order valence-corrected chi connectivity index (χ1v) is 14.8. The van der Waals surface area contributed by atoms with Crippen molar-refractivity contribution < 1.29 is 26.7 Å². The molecule has 0 unspecified atom stereocenters. The van der Waals surface area contributed by atoms with Crippen LogP contribution in [0, 0.1) is 0 Å². The molecule has 0 aliphatic rings. The van der Waals surface area contributed by atoms with Crippen molar-refractivity contribution in [2.75, 3.05) is 0 Å². The van der Waals surface area contributed by atoms with E-state index in [-0.39, 0.29) is 22.2 Å². The number of aliphatic imine (C=N–C) groups is 2. The van der Waals surface area contributed by atoms with Crippen LogP contribution >= 0.6 is 0 Å². The smallest absolute Gasteiger partial charge is 0.873 e. The molecule has 0 amide bonds. The Balaban J connectivity index is 0.000000559. The predicted molar refractivity (Wildman–Crippen MR) is 164 cm³/mol. The zero-order chi connectivity index (χ0) is 28.1. The van der Waals surface area contributed by atoms with Gasteiger partial charge < -0.3 is 10.2 Å². The maximum atomic E-state index is 11.0. The summed E-state index contributed by atoms with van der Waals surface area (Å²) in [6, 6.07) is 25.3. The molecule has 40 heavy (non-hydrogen) atoms. The van der Waals surface area contributed by atoms with Gasteiger partial charge in [-0.15, -0.1) is 11.5 Å². The monoisotopic (exact) mass is 584 g/mol. The third-order valence-corrected chi connectivity index (χ3v) is 6.49. The van der Waals surface area contributed by atoms with Gasteiger partial charge in [0.1, 0.15) is 0 Å². The van der Waals surface area contributed by atoms with E-state index in [0.717, 1.165) is 42.8 Å². The van der Waals surface area contributed by atoms with E-state index in [4.69, 9.17) is 9.98 Å². The van der Waals surface area contributed by atoms with Crippen molar-refractivity contribution >= 4 is 22.8 Å². The van der Waals surface area contributed by atoms with Gasteiger partial charge in [-0.1, -0.05) is 126 Å². The largest absolute Gasteiger partial charge is 2.00 e. The van der Waals surface area contributed by atoms with Crippen molar-refractivity contribution in [1.29, 1.82) is 0 Å². The molecular weight excluding hydrogens is 539 g/mol. The van der Waals surface area contributed by atoms with E-state index in [1.165, 1.54) is 56.7 Å². The topological polar surface area (TPSA) is 70.8 Å². The molecule has 0 spiro atoms. The zero-order valence-electron chi connectivity index (χ0n) is 24.5. The summed E-state index contributed by atoms with van der Waals surface area (Å²) in [6.45, 7) is 6.49. The van der Waals surface area contributed by atoms with Crippen molar-refractivity contribution in [3.05, 3.63) is 84.4 Å². The standard InChI is InChI=1S/C26H36N2.C9H12O2.Ni/c1-3-5-7-8-9-16-22-26(28-24-19-14-11-15-20-24)25(21-6-4-2)27-23-17-12-10-13-18-23;1-2-4-7-5-3-6-8(10)9(7)11;/h10-15,17-20H,3-9,16,21-22H2,1-2H3;3,5-6,10-11H,2,4H2,1H3;/q;;+2/p-2. The average Bonchev–Trinajstić information content (AvgIpc) is 2.96. The third-order valence-electron chi connectivity index (χ3n) is 6.49. The first-order valence-electron chi connectivity index (χ1n) is 14.8. The summed E-state index contributed by atoms with van der Waals surface area (Å²) < 4.78 is 0. The molecule has 0 aliphatic heterocycles. The van der Waals surface area contributed by atoms with Gasteiger partial charge in [0.25, 0.3) is 0 Å². The number of aryl methyl sites for hydroxylation is 1. The summed E-state index contributed by atoms with van der Waals surface area (Å²) in [7, 11) is 0. The molecule has 0 saturated heterocycles. The van der Waals surface area contributed by atoms with Crippen LogP contribution in [0.1, 0.15) is 97.0 Å². The first-order chi connectivity index (χ1) is 19.1. The van der Waals surface area contributed by atoms with Crippen LogP contribution in [0.4, 0.5) is 11.4 Å². The number of para-hydroxylation sites is 3. The maximum Gasteiger partial charge on any atom is 2.00 e. The summed E-state index contributed by atoms with van der Waals surface area (Å²) in [4.78, 5) is 10.0. The van der Waals surface area contributed by atoms with Crippen molar-refractivity contribution in [1.82, 2.24) is 0 Å². The Morgan fingerprint density at radius 3 is 1.57 bits per heavy atom. The molecule has 3 rings (SSSR count). The van der Waals surface area contributed by atoms with Crippen LogP contribution in [-0.4, -0.2) is 11.4 Å². The second-order valence-corrected chi connectivity index (χ2v) is 9.90. The van der Waals surface area contributed by atoms with Gasteiger partial charge in [-0.05, 0) is 56.4 Å². The van der Waals surface area contributed by atoms with Crippen LogP contribution in [-0.2, 0) is 22.9 Å². The molecule has 0 aliphatic carbocycles. The number of rotatable bonds is 15. The Morgan fingerprint density at radius 2 is 1.05 bits per heavy atom.